The van der Waals surface area contributed by atoms with E-state index in [1.807, 2.05) is 40.1 Å². The molecule has 2 rings (SSSR count). The van der Waals surface area contributed by atoms with Crippen molar-refractivity contribution in [2.24, 2.45) is 0 Å². The Kier molecular flexibility index (Phi) is 7.35. The molecule has 0 fully saturated rings. The molecular formula is C19H27N5O2. The van der Waals surface area contributed by atoms with Gasteiger partial charge in [0.1, 0.15) is 11.4 Å². The third-order valence-corrected chi connectivity index (χ3v) is 3.44. The van der Waals surface area contributed by atoms with Crippen molar-refractivity contribution in [2.45, 2.75) is 26.4 Å². The number of rotatable bonds is 9. The molecule has 0 spiro atoms. The Hall–Kier alpha value is -2.67. The van der Waals surface area contributed by atoms with Gasteiger partial charge in [-0.25, -0.2) is 9.97 Å². The fourth-order valence-corrected chi connectivity index (χ4v) is 2.25. The Balaban J connectivity index is 1.91. The number of amides is 1. The van der Waals surface area contributed by atoms with Crippen LogP contribution in [-0.4, -0.2) is 54.1 Å². The number of nitrogens with zero attached hydrogens (tertiary/aromatic N) is 3. The first kappa shape index (κ1) is 19.7. The van der Waals surface area contributed by atoms with Crippen LogP contribution in [0.25, 0.3) is 0 Å². The van der Waals surface area contributed by atoms with E-state index < -0.39 is 0 Å². The Labute approximate surface area is 154 Å². The summed E-state index contributed by atoms with van der Waals surface area (Å²) in [6.45, 7) is 5.66. The van der Waals surface area contributed by atoms with E-state index in [9.17, 15) is 4.79 Å². The molecule has 2 N–H and O–H groups in total. The van der Waals surface area contributed by atoms with Crippen LogP contribution in [-0.2, 0) is 0 Å². The van der Waals surface area contributed by atoms with Crippen molar-refractivity contribution in [1.29, 1.82) is 0 Å². The quantitative estimate of drug-likeness (QED) is 0.672. The van der Waals surface area contributed by atoms with E-state index in [4.69, 9.17) is 4.74 Å². The van der Waals surface area contributed by atoms with Gasteiger partial charge in [0, 0.05) is 18.4 Å². The molecular weight excluding hydrogens is 330 g/mol. The first-order chi connectivity index (χ1) is 12.4. The van der Waals surface area contributed by atoms with E-state index in [1.54, 1.807) is 24.4 Å². The lowest BCUT2D eigenvalue weighted by atomic mass is 10.3. The number of ether oxygens (including phenoxy) is 1. The molecule has 26 heavy (non-hydrogen) atoms. The minimum atomic E-state index is -0.277. The first-order valence-electron chi connectivity index (χ1n) is 8.74. The Bertz CT molecular complexity index is 701. The molecule has 0 unspecified atom stereocenters. The lowest BCUT2D eigenvalue weighted by Gasteiger charge is -2.11. The molecule has 1 aromatic heterocycles. The van der Waals surface area contributed by atoms with Crippen LogP contribution < -0.4 is 15.4 Å². The molecule has 0 saturated carbocycles. The van der Waals surface area contributed by atoms with Gasteiger partial charge in [0.05, 0.1) is 6.10 Å². The van der Waals surface area contributed by atoms with Gasteiger partial charge in [-0.15, -0.1) is 0 Å². The SMILES string of the molecule is CC(C)Oc1ccc(NC(=O)c2ccnc(NCCCN(C)C)n2)cc1. The molecule has 7 nitrogen and oxygen atoms in total. The maximum absolute atomic E-state index is 12.4. The minimum Gasteiger partial charge on any atom is -0.491 e. The van der Waals surface area contributed by atoms with Gasteiger partial charge < -0.3 is 20.3 Å². The molecule has 1 aromatic carbocycles. The van der Waals surface area contributed by atoms with Gasteiger partial charge in [0.15, 0.2) is 0 Å². The van der Waals surface area contributed by atoms with Crippen molar-refractivity contribution in [3.63, 3.8) is 0 Å². The average Bonchev–Trinajstić information content (AvgIpc) is 2.60. The molecule has 0 aliphatic rings. The summed E-state index contributed by atoms with van der Waals surface area (Å²) < 4.78 is 5.59. The van der Waals surface area contributed by atoms with E-state index in [2.05, 4.69) is 25.5 Å². The molecule has 2 aromatic rings. The summed E-state index contributed by atoms with van der Waals surface area (Å²) in [5.74, 6) is 0.947. The van der Waals surface area contributed by atoms with Crippen LogP contribution in [0.4, 0.5) is 11.6 Å². The largest absolute Gasteiger partial charge is 0.491 e. The maximum Gasteiger partial charge on any atom is 0.274 e. The summed E-state index contributed by atoms with van der Waals surface area (Å²) in [6, 6.07) is 8.85. The zero-order valence-corrected chi connectivity index (χ0v) is 15.8. The third-order valence-electron chi connectivity index (χ3n) is 3.44. The summed E-state index contributed by atoms with van der Waals surface area (Å²) in [4.78, 5) is 22.9. The van der Waals surface area contributed by atoms with Crippen molar-refractivity contribution >= 4 is 17.5 Å². The smallest absolute Gasteiger partial charge is 0.274 e. The number of carbonyl (C=O) groups is 1. The molecule has 7 heteroatoms. The van der Waals surface area contributed by atoms with E-state index in [1.165, 1.54) is 0 Å². The molecule has 0 atom stereocenters. The van der Waals surface area contributed by atoms with Gasteiger partial charge in [-0.1, -0.05) is 0 Å². The summed E-state index contributed by atoms with van der Waals surface area (Å²) in [7, 11) is 4.06. The van der Waals surface area contributed by atoms with Crippen molar-refractivity contribution in [1.82, 2.24) is 14.9 Å². The monoisotopic (exact) mass is 357 g/mol. The van der Waals surface area contributed by atoms with E-state index in [0.29, 0.717) is 17.3 Å². The predicted octanol–water partition coefficient (Wildman–Crippen LogP) is 2.88. The van der Waals surface area contributed by atoms with Crippen LogP contribution in [0.15, 0.2) is 36.5 Å². The van der Waals surface area contributed by atoms with Gasteiger partial charge in [-0.2, -0.15) is 0 Å². The molecule has 0 saturated heterocycles. The second-order valence-electron chi connectivity index (χ2n) is 6.49. The highest BCUT2D eigenvalue weighted by Gasteiger charge is 2.09. The van der Waals surface area contributed by atoms with E-state index in [-0.39, 0.29) is 12.0 Å². The number of aromatic nitrogens is 2. The predicted molar refractivity (Wildman–Crippen MR) is 104 cm³/mol. The normalized spacial score (nSPS) is 10.8. The summed E-state index contributed by atoms with van der Waals surface area (Å²) in [5.41, 5.74) is 1.00. The van der Waals surface area contributed by atoms with Crippen LogP contribution in [0.3, 0.4) is 0 Å². The van der Waals surface area contributed by atoms with E-state index in [0.717, 1.165) is 25.3 Å². The number of hydrogen-bond acceptors (Lipinski definition) is 6. The zero-order chi connectivity index (χ0) is 18.9. The Morgan fingerprint density at radius 1 is 1.19 bits per heavy atom. The highest BCUT2D eigenvalue weighted by Crippen LogP contribution is 2.17. The van der Waals surface area contributed by atoms with Crippen molar-refractivity contribution < 1.29 is 9.53 Å². The van der Waals surface area contributed by atoms with Crippen LogP contribution in [0.5, 0.6) is 5.75 Å². The fraction of sp³-hybridized carbons (Fsp3) is 0.421. The molecule has 1 heterocycles. The Morgan fingerprint density at radius 3 is 2.58 bits per heavy atom. The number of benzene rings is 1. The average molecular weight is 357 g/mol. The second-order valence-corrected chi connectivity index (χ2v) is 6.49. The lowest BCUT2D eigenvalue weighted by Crippen LogP contribution is -2.18. The summed E-state index contributed by atoms with van der Waals surface area (Å²) in [6.07, 6.45) is 2.66. The maximum atomic E-state index is 12.4. The summed E-state index contributed by atoms with van der Waals surface area (Å²) in [5, 5.41) is 5.97. The molecule has 0 radical (unpaired) electrons. The van der Waals surface area contributed by atoms with E-state index >= 15 is 0 Å². The molecule has 140 valence electrons. The van der Waals surface area contributed by atoms with Crippen molar-refractivity contribution in [3.05, 3.63) is 42.2 Å². The molecule has 0 bridgehead atoms. The van der Waals surface area contributed by atoms with Crippen LogP contribution in [0.1, 0.15) is 30.8 Å². The second kappa shape index (κ2) is 9.72. The van der Waals surface area contributed by atoms with Crippen molar-refractivity contribution in [2.75, 3.05) is 37.8 Å². The first-order valence-corrected chi connectivity index (χ1v) is 8.74. The molecule has 0 aliphatic heterocycles. The number of carbonyl (C=O) groups excluding carboxylic acids is 1. The molecule has 1 amide bonds. The van der Waals surface area contributed by atoms with Gasteiger partial charge in [-0.05, 0) is 71.2 Å². The van der Waals surface area contributed by atoms with Crippen LogP contribution >= 0.6 is 0 Å². The third kappa shape index (κ3) is 6.68. The topological polar surface area (TPSA) is 79.4 Å². The van der Waals surface area contributed by atoms with Gasteiger partial charge >= 0.3 is 0 Å². The van der Waals surface area contributed by atoms with Gasteiger partial charge in [0.25, 0.3) is 5.91 Å². The number of nitrogens with one attached hydrogen (secondary N) is 2. The number of anilines is 2. The number of hydrogen-bond donors (Lipinski definition) is 2. The lowest BCUT2D eigenvalue weighted by molar-refractivity contribution is 0.102. The summed E-state index contributed by atoms with van der Waals surface area (Å²) >= 11 is 0. The van der Waals surface area contributed by atoms with Gasteiger partial charge in [-0.3, -0.25) is 4.79 Å². The minimum absolute atomic E-state index is 0.111. The van der Waals surface area contributed by atoms with Crippen molar-refractivity contribution in [3.8, 4) is 5.75 Å². The Morgan fingerprint density at radius 2 is 1.92 bits per heavy atom. The zero-order valence-electron chi connectivity index (χ0n) is 15.8. The highest BCUT2D eigenvalue weighted by molar-refractivity contribution is 6.02. The fourth-order valence-electron chi connectivity index (χ4n) is 2.25. The van der Waals surface area contributed by atoms with Crippen LogP contribution in [0.2, 0.25) is 0 Å². The highest BCUT2D eigenvalue weighted by atomic mass is 16.5. The van der Waals surface area contributed by atoms with Gasteiger partial charge in [0.2, 0.25) is 5.95 Å². The molecule has 0 aliphatic carbocycles. The standard InChI is InChI=1S/C19H27N5O2/c1-14(2)26-16-8-6-15(7-9-16)22-18(25)17-10-12-21-19(23-17)20-11-5-13-24(3)4/h6-10,12,14H,5,11,13H2,1-4H3,(H,22,25)(H,20,21,23). The van der Waals surface area contributed by atoms with Crippen LogP contribution in [0, 0.1) is 0 Å².